The normalized spacial score (nSPS) is 19.6. The molecule has 2 heterocycles. The van der Waals surface area contributed by atoms with Crippen molar-refractivity contribution < 1.29 is 28.6 Å². The molecule has 2 amide bonds. The van der Waals surface area contributed by atoms with Gasteiger partial charge in [0.1, 0.15) is 18.5 Å². The van der Waals surface area contributed by atoms with Gasteiger partial charge in [-0.15, -0.1) is 0 Å². The number of nitrogens with zero attached hydrogens (tertiary/aromatic N) is 3. The van der Waals surface area contributed by atoms with E-state index in [2.05, 4.69) is 5.43 Å². The molecule has 0 aromatic heterocycles. The SMILES string of the molecule is O=C(CC[C@H]1CN(c2ccc(N3CCNN(C(=O)CO)CC3)c(F)c2)C(=O)O1)C(Cl)Cl. The number of amides is 2. The van der Waals surface area contributed by atoms with Gasteiger partial charge < -0.3 is 14.7 Å². The van der Waals surface area contributed by atoms with Gasteiger partial charge in [-0.25, -0.2) is 14.6 Å². The van der Waals surface area contributed by atoms with Gasteiger partial charge in [-0.05, 0) is 24.6 Å². The number of carbonyl (C=O) groups is 3. The van der Waals surface area contributed by atoms with E-state index < -0.39 is 35.4 Å². The summed E-state index contributed by atoms with van der Waals surface area (Å²) in [5, 5.41) is 10.3. The van der Waals surface area contributed by atoms with Crippen LogP contribution < -0.4 is 15.2 Å². The van der Waals surface area contributed by atoms with E-state index >= 15 is 0 Å². The second-order valence-corrected chi connectivity index (χ2v) is 8.25. The predicted molar refractivity (Wildman–Crippen MR) is 113 cm³/mol. The lowest BCUT2D eigenvalue weighted by molar-refractivity contribution is -0.137. The zero-order valence-electron chi connectivity index (χ0n) is 16.6. The lowest BCUT2D eigenvalue weighted by Gasteiger charge is -2.24. The molecule has 2 aliphatic rings. The number of aliphatic hydroxyl groups excluding tert-OH is 1. The second kappa shape index (κ2) is 10.4. The molecule has 2 fully saturated rings. The monoisotopic (exact) mass is 476 g/mol. The van der Waals surface area contributed by atoms with Crippen LogP contribution in [0, 0.1) is 5.82 Å². The van der Waals surface area contributed by atoms with Gasteiger partial charge in [0.15, 0.2) is 10.6 Å². The summed E-state index contributed by atoms with van der Waals surface area (Å²) in [4.78, 5) is 37.4. The highest BCUT2D eigenvalue weighted by molar-refractivity contribution is 6.53. The van der Waals surface area contributed by atoms with Crippen LogP contribution >= 0.6 is 23.2 Å². The molecule has 1 atom stereocenters. The van der Waals surface area contributed by atoms with Gasteiger partial charge in [-0.1, -0.05) is 23.2 Å². The maximum Gasteiger partial charge on any atom is 0.414 e. The summed E-state index contributed by atoms with van der Waals surface area (Å²) in [5.74, 6) is -1.31. The van der Waals surface area contributed by atoms with E-state index in [4.69, 9.17) is 33.0 Å². The molecule has 31 heavy (non-hydrogen) atoms. The van der Waals surface area contributed by atoms with E-state index in [1.54, 1.807) is 17.0 Å². The highest BCUT2D eigenvalue weighted by Gasteiger charge is 2.33. The summed E-state index contributed by atoms with van der Waals surface area (Å²) in [5.41, 5.74) is 3.58. The Balaban J connectivity index is 1.63. The van der Waals surface area contributed by atoms with Crippen LogP contribution in [0.4, 0.5) is 20.6 Å². The minimum absolute atomic E-state index is 0.0789. The standard InChI is InChI=1S/C19H23Cl2FN4O5/c20-18(21)16(28)4-2-13-10-25(19(30)31-13)12-1-3-15(14(22)9-12)24-6-5-23-26(8-7-24)17(29)11-27/h1,3,9,13,18,23,27H,2,4-8,10-11H2/t13-/m0/s1. The molecule has 0 aliphatic carbocycles. The first-order valence-electron chi connectivity index (χ1n) is 9.78. The maximum absolute atomic E-state index is 14.9. The fraction of sp³-hybridized carbons (Fsp3) is 0.526. The summed E-state index contributed by atoms with van der Waals surface area (Å²) >= 11 is 11.0. The first-order valence-corrected chi connectivity index (χ1v) is 10.7. The Morgan fingerprint density at radius 2 is 2.06 bits per heavy atom. The number of halogens is 3. The van der Waals surface area contributed by atoms with Gasteiger partial charge >= 0.3 is 6.09 Å². The Morgan fingerprint density at radius 1 is 1.29 bits per heavy atom. The third kappa shape index (κ3) is 5.76. The quantitative estimate of drug-likeness (QED) is 0.574. The molecule has 2 aliphatic heterocycles. The summed E-state index contributed by atoms with van der Waals surface area (Å²) in [6, 6.07) is 4.45. The van der Waals surface area contributed by atoms with Crippen molar-refractivity contribution in [2.75, 3.05) is 49.1 Å². The molecule has 0 saturated carbocycles. The third-order valence-corrected chi connectivity index (χ3v) is 5.61. The highest BCUT2D eigenvalue weighted by Crippen LogP contribution is 2.29. The van der Waals surface area contributed by atoms with Crippen molar-refractivity contribution >= 4 is 52.4 Å². The fourth-order valence-electron chi connectivity index (χ4n) is 3.49. The number of aliphatic hydroxyl groups is 1. The zero-order chi connectivity index (χ0) is 22.5. The summed E-state index contributed by atoms with van der Waals surface area (Å²) < 4.78 is 20.1. The summed E-state index contributed by atoms with van der Waals surface area (Å²) in [7, 11) is 0. The number of alkyl halides is 2. The topological polar surface area (TPSA) is 102 Å². The van der Waals surface area contributed by atoms with Crippen LogP contribution in [0.3, 0.4) is 0 Å². The van der Waals surface area contributed by atoms with Crippen LogP contribution in [0.2, 0.25) is 0 Å². The third-order valence-electron chi connectivity index (χ3n) is 5.13. The van der Waals surface area contributed by atoms with Gasteiger partial charge in [-0.3, -0.25) is 19.5 Å². The lowest BCUT2D eigenvalue weighted by atomic mass is 10.1. The van der Waals surface area contributed by atoms with E-state index in [9.17, 15) is 18.8 Å². The predicted octanol–water partition coefficient (Wildman–Crippen LogP) is 1.45. The molecular weight excluding hydrogens is 454 g/mol. The Morgan fingerprint density at radius 3 is 2.74 bits per heavy atom. The molecule has 1 aromatic rings. The number of cyclic esters (lactones) is 1. The van der Waals surface area contributed by atoms with Crippen LogP contribution in [0.25, 0.3) is 0 Å². The van der Waals surface area contributed by atoms with Crippen molar-refractivity contribution in [1.82, 2.24) is 10.4 Å². The first kappa shape index (κ1) is 23.5. The van der Waals surface area contributed by atoms with E-state index in [1.165, 1.54) is 16.0 Å². The molecule has 170 valence electrons. The van der Waals surface area contributed by atoms with Crippen LogP contribution in [-0.2, 0) is 14.3 Å². The molecule has 0 radical (unpaired) electrons. The van der Waals surface area contributed by atoms with Crippen LogP contribution in [0.5, 0.6) is 0 Å². The summed E-state index contributed by atoms with van der Waals surface area (Å²) in [6.45, 7) is 1.10. The molecule has 0 spiro atoms. The molecule has 2 saturated heterocycles. The van der Waals surface area contributed by atoms with E-state index in [0.29, 0.717) is 31.0 Å². The number of ketones is 1. The second-order valence-electron chi connectivity index (χ2n) is 7.16. The van der Waals surface area contributed by atoms with Crippen LogP contribution in [0.1, 0.15) is 12.8 Å². The molecule has 0 bridgehead atoms. The molecule has 1 aromatic carbocycles. The minimum atomic E-state index is -1.11. The number of hydrogen-bond acceptors (Lipinski definition) is 7. The Bertz CT molecular complexity index is 844. The van der Waals surface area contributed by atoms with Crippen molar-refractivity contribution in [2.24, 2.45) is 0 Å². The molecule has 9 nitrogen and oxygen atoms in total. The van der Waals surface area contributed by atoms with Crippen molar-refractivity contribution in [3.05, 3.63) is 24.0 Å². The van der Waals surface area contributed by atoms with Crippen molar-refractivity contribution in [3.63, 3.8) is 0 Å². The molecule has 2 N–H and O–H groups in total. The fourth-order valence-corrected chi connectivity index (χ4v) is 3.70. The van der Waals surface area contributed by atoms with E-state index in [-0.39, 0.29) is 31.7 Å². The van der Waals surface area contributed by atoms with Crippen molar-refractivity contribution in [2.45, 2.75) is 23.8 Å². The van der Waals surface area contributed by atoms with E-state index in [0.717, 1.165) is 0 Å². The van der Waals surface area contributed by atoms with Gasteiger partial charge in [0.05, 0.1) is 24.5 Å². The maximum atomic E-state index is 14.9. The first-order chi connectivity index (χ1) is 14.8. The lowest BCUT2D eigenvalue weighted by Crippen LogP contribution is -2.45. The van der Waals surface area contributed by atoms with Gasteiger partial charge in [0.2, 0.25) is 0 Å². The van der Waals surface area contributed by atoms with Crippen LogP contribution in [0.15, 0.2) is 18.2 Å². The number of rotatable bonds is 7. The van der Waals surface area contributed by atoms with E-state index in [1.807, 2.05) is 0 Å². The Kier molecular flexibility index (Phi) is 7.93. The number of ether oxygens (including phenoxy) is 1. The number of carbonyl (C=O) groups excluding carboxylic acids is 3. The number of hydrazine groups is 1. The average Bonchev–Trinajstić information content (AvgIpc) is 2.95. The molecule has 0 unspecified atom stereocenters. The number of anilines is 2. The van der Waals surface area contributed by atoms with Gasteiger partial charge in [-0.2, -0.15) is 0 Å². The van der Waals surface area contributed by atoms with Gasteiger partial charge in [0.25, 0.3) is 5.91 Å². The highest BCUT2D eigenvalue weighted by atomic mass is 35.5. The number of nitrogens with one attached hydrogen (secondary N) is 1. The average molecular weight is 477 g/mol. The number of hydrogen-bond donors (Lipinski definition) is 2. The molecular formula is C19H23Cl2FN4O5. The largest absolute Gasteiger partial charge is 0.444 e. The smallest absolute Gasteiger partial charge is 0.414 e. The number of benzene rings is 1. The Hall–Kier alpha value is -2.14. The molecule has 12 heteroatoms. The van der Waals surface area contributed by atoms with Crippen LogP contribution in [-0.4, -0.2) is 78.2 Å². The van der Waals surface area contributed by atoms with Gasteiger partial charge in [0, 0.05) is 26.1 Å². The minimum Gasteiger partial charge on any atom is -0.444 e. The zero-order valence-corrected chi connectivity index (χ0v) is 18.1. The van der Waals surface area contributed by atoms with Crippen molar-refractivity contribution in [3.8, 4) is 0 Å². The number of Topliss-reactive ketones (excluding diaryl/α,β-unsaturated/α-hetero) is 1. The summed E-state index contributed by atoms with van der Waals surface area (Å²) in [6.07, 6.45) is -0.773. The Labute approximate surface area is 188 Å². The molecule has 3 rings (SSSR count). The van der Waals surface area contributed by atoms with Crippen molar-refractivity contribution in [1.29, 1.82) is 0 Å².